The first-order chi connectivity index (χ1) is 12.5. The van der Waals surface area contributed by atoms with Gasteiger partial charge in [0.05, 0.1) is 11.6 Å². The number of likely N-dealkylation sites (tertiary alicyclic amines) is 1. The largest absolute Gasteiger partial charge is 0.347 e. The number of aromatic nitrogens is 1. The van der Waals surface area contributed by atoms with Crippen LogP contribution in [0.5, 0.6) is 0 Å². The van der Waals surface area contributed by atoms with Gasteiger partial charge in [0.25, 0.3) is 11.8 Å². The Labute approximate surface area is 151 Å². The van der Waals surface area contributed by atoms with Gasteiger partial charge in [-0.3, -0.25) is 14.6 Å². The van der Waals surface area contributed by atoms with Crippen molar-refractivity contribution in [2.24, 2.45) is 5.92 Å². The number of carbonyl (C=O) groups excluding carboxylic acids is 2. The fourth-order valence-corrected chi connectivity index (χ4v) is 4.05. The van der Waals surface area contributed by atoms with E-state index in [2.05, 4.69) is 10.3 Å². The van der Waals surface area contributed by atoms with Gasteiger partial charge in [-0.2, -0.15) is 0 Å². The van der Waals surface area contributed by atoms with E-state index >= 15 is 0 Å². The molecule has 1 N–H and O–H groups in total. The normalized spacial score (nSPS) is 23.9. The first-order valence-electron chi connectivity index (χ1n) is 8.81. The average molecular weight is 353 g/mol. The highest BCUT2D eigenvalue weighted by Crippen LogP contribution is 2.38. The highest BCUT2D eigenvalue weighted by molar-refractivity contribution is 5.96. The summed E-state index contributed by atoms with van der Waals surface area (Å²) in [6.07, 6.45) is 4.89. The maximum Gasteiger partial charge on any atom is 0.254 e. The summed E-state index contributed by atoms with van der Waals surface area (Å²) in [6.45, 7) is 2.34. The average Bonchev–Trinajstić information content (AvgIpc) is 3.24. The predicted octanol–water partition coefficient (Wildman–Crippen LogP) is 2.56. The molecular weight excluding hydrogens is 333 g/mol. The lowest BCUT2D eigenvalue weighted by Crippen LogP contribution is -2.52. The summed E-state index contributed by atoms with van der Waals surface area (Å²) >= 11 is 0. The molecule has 1 aromatic heterocycles. The number of piperidine rings is 1. The molecule has 3 atom stereocenters. The molecule has 1 saturated carbocycles. The van der Waals surface area contributed by atoms with Gasteiger partial charge in [0.1, 0.15) is 5.82 Å². The van der Waals surface area contributed by atoms with Crippen LogP contribution in [0.1, 0.15) is 39.1 Å². The van der Waals surface area contributed by atoms with Crippen molar-refractivity contribution >= 4 is 11.8 Å². The molecule has 2 fully saturated rings. The van der Waals surface area contributed by atoms with Gasteiger partial charge in [-0.05, 0) is 55.5 Å². The molecule has 0 unspecified atom stereocenters. The quantitative estimate of drug-likeness (QED) is 0.922. The minimum Gasteiger partial charge on any atom is -0.347 e. The Balaban J connectivity index is 1.49. The minimum atomic E-state index is -0.373. The van der Waals surface area contributed by atoms with E-state index in [-0.39, 0.29) is 29.7 Å². The van der Waals surface area contributed by atoms with Crippen LogP contribution in [-0.4, -0.2) is 40.3 Å². The molecule has 2 bridgehead atoms. The van der Waals surface area contributed by atoms with Crippen LogP contribution in [0.3, 0.4) is 0 Å². The number of hydrogen-bond acceptors (Lipinski definition) is 3. The maximum atomic E-state index is 13.8. The van der Waals surface area contributed by atoms with Gasteiger partial charge >= 0.3 is 0 Å². The van der Waals surface area contributed by atoms with E-state index in [1.165, 1.54) is 12.3 Å². The topological polar surface area (TPSA) is 62.3 Å². The van der Waals surface area contributed by atoms with Crippen LogP contribution < -0.4 is 5.32 Å². The van der Waals surface area contributed by atoms with Gasteiger partial charge in [0.15, 0.2) is 0 Å². The fraction of sp³-hybridized carbons (Fsp3) is 0.350. The zero-order valence-corrected chi connectivity index (χ0v) is 14.5. The lowest BCUT2D eigenvalue weighted by Gasteiger charge is -2.33. The van der Waals surface area contributed by atoms with Crippen LogP contribution in [0.25, 0.3) is 0 Å². The molecule has 1 saturated heterocycles. The highest BCUT2D eigenvalue weighted by Gasteiger charge is 2.47. The number of pyridine rings is 1. The smallest absolute Gasteiger partial charge is 0.254 e. The van der Waals surface area contributed by atoms with E-state index < -0.39 is 0 Å². The van der Waals surface area contributed by atoms with Gasteiger partial charge in [0.2, 0.25) is 0 Å². The standard InChI is InChI=1S/C20H20FN3O2/c1-12-4-5-14(9-16(12)21)20(26)24-11-13-7-17(18(24)8-13)23-19(25)15-3-2-6-22-10-15/h2-6,9-10,13,17-18H,7-8,11H2,1H3,(H,23,25)/t13-,17+,18-/m1/s1. The molecule has 2 aliphatic rings. The third-order valence-corrected chi connectivity index (χ3v) is 5.40. The van der Waals surface area contributed by atoms with Crippen molar-refractivity contribution in [2.75, 3.05) is 6.54 Å². The molecule has 26 heavy (non-hydrogen) atoms. The Morgan fingerprint density at radius 2 is 2.08 bits per heavy atom. The zero-order chi connectivity index (χ0) is 18.3. The van der Waals surface area contributed by atoms with Crippen molar-refractivity contribution in [1.29, 1.82) is 0 Å². The van der Waals surface area contributed by atoms with Crippen LogP contribution >= 0.6 is 0 Å². The Morgan fingerprint density at radius 3 is 2.77 bits per heavy atom. The zero-order valence-electron chi connectivity index (χ0n) is 14.5. The van der Waals surface area contributed by atoms with Crippen LogP contribution in [0, 0.1) is 18.7 Å². The molecule has 2 heterocycles. The number of hydrogen-bond donors (Lipinski definition) is 1. The lowest BCUT2D eigenvalue weighted by atomic mass is 10.0. The van der Waals surface area contributed by atoms with E-state index in [0.29, 0.717) is 29.2 Å². The fourth-order valence-electron chi connectivity index (χ4n) is 4.05. The Morgan fingerprint density at radius 1 is 1.23 bits per heavy atom. The number of halogens is 1. The number of nitrogens with one attached hydrogen (secondary N) is 1. The van der Waals surface area contributed by atoms with Gasteiger partial charge < -0.3 is 10.2 Å². The first-order valence-corrected chi connectivity index (χ1v) is 8.81. The lowest BCUT2D eigenvalue weighted by molar-refractivity contribution is 0.0648. The van der Waals surface area contributed by atoms with Crippen molar-refractivity contribution in [1.82, 2.24) is 15.2 Å². The molecule has 4 rings (SSSR count). The predicted molar refractivity (Wildman–Crippen MR) is 94.2 cm³/mol. The third-order valence-electron chi connectivity index (χ3n) is 5.40. The summed E-state index contributed by atoms with van der Waals surface area (Å²) < 4.78 is 13.8. The number of rotatable bonds is 3. The highest BCUT2D eigenvalue weighted by atomic mass is 19.1. The number of nitrogens with zero attached hydrogens (tertiary/aromatic N) is 2. The second kappa shape index (κ2) is 6.52. The van der Waals surface area contributed by atoms with Crippen molar-refractivity contribution in [3.8, 4) is 0 Å². The molecule has 0 radical (unpaired) electrons. The van der Waals surface area contributed by atoms with Gasteiger partial charge in [-0.15, -0.1) is 0 Å². The number of benzene rings is 1. The van der Waals surface area contributed by atoms with E-state index in [1.807, 2.05) is 0 Å². The summed E-state index contributed by atoms with van der Waals surface area (Å²) in [4.78, 5) is 31.0. The SMILES string of the molecule is Cc1ccc(C(=O)N2C[C@@H]3C[C@H](NC(=O)c4cccnc4)[C@H]2C3)cc1F. The monoisotopic (exact) mass is 353 g/mol. The van der Waals surface area contributed by atoms with Crippen molar-refractivity contribution in [2.45, 2.75) is 31.8 Å². The number of amides is 2. The molecule has 1 aromatic carbocycles. The molecule has 5 nitrogen and oxygen atoms in total. The number of carbonyl (C=O) groups is 2. The van der Waals surface area contributed by atoms with Crippen LogP contribution in [-0.2, 0) is 0 Å². The van der Waals surface area contributed by atoms with E-state index in [4.69, 9.17) is 0 Å². The van der Waals surface area contributed by atoms with Crippen LogP contribution in [0.2, 0.25) is 0 Å². The molecule has 2 amide bonds. The second-order valence-electron chi connectivity index (χ2n) is 7.15. The maximum absolute atomic E-state index is 13.8. The number of aryl methyl sites for hydroxylation is 1. The summed E-state index contributed by atoms with van der Waals surface area (Å²) in [5.41, 5.74) is 1.39. The molecule has 1 aliphatic heterocycles. The third kappa shape index (κ3) is 2.96. The first kappa shape index (κ1) is 16.7. The summed E-state index contributed by atoms with van der Waals surface area (Å²) in [5.74, 6) is -0.346. The van der Waals surface area contributed by atoms with E-state index in [0.717, 1.165) is 12.8 Å². The molecule has 6 heteroatoms. The van der Waals surface area contributed by atoms with Gasteiger partial charge in [0, 0.05) is 30.5 Å². The molecule has 134 valence electrons. The van der Waals surface area contributed by atoms with Crippen LogP contribution in [0.4, 0.5) is 4.39 Å². The van der Waals surface area contributed by atoms with Crippen molar-refractivity contribution in [3.05, 3.63) is 65.2 Å². The second-order valence-corrected chi connectivity index (χ2v) is 7.15. The Bertz CT molecular complexity index is 855. The summed E-state index contributed by atoms with van der Waals surface area (Å²) in [7, 11) is 0. The molecule has 0 spiro atoms. The van der Waals surface area contributed by atoms with Crippen molar-refractivity contribution < 1.29 is 14.0 Å². The Hall–Kier alpha value is -2.76. The minimum absolute atomic E-state index is 0.0440. The Kier molecular flexibility index (Phi) is 4.18. The number of fused-ring (bicyclic) bond motifs is 2. The van der Waals surface area contributed by atoms with Gasteiger partial charge in [-0.1, -0.05) is 6.07 Å². The van der Waals surface area contributed by atoms with E-state index in [9.17, 15) is 14.0 Å². The molecular formula is C20H20FN3O2. The van der Waals surface area contributed by atoms with Crippen LogP contribution in [0.15, 0.2) is 42.7 Å². The molecule has 1 aliphatic carbocycles. The van der Waals surface area contributed by atoms with Gasteiger partial charge in [-0.25, -0.2) is 4.39 Å². The van der Waals surface area contributed by atoms with E-state index in [1.54, 1.807) is 42.3 Å². The molecule has 2 aromatic rings. The van der Waals surface area contributed by atoms with Crippen molar-refractivity contribution in [3.63, 3.8) is 0 Å². The summed E-state index contributed by atoms with van der Waals surface area (Å²) in [6, 6.07) is 7.89. The summed E-state index contributed by atoms with van der Waals surface area (Å²) in [5, 5.41) is 3.04.